The van der Waals surface area contributed by atoms with Gasteiger partial charge in [-0.1, -0.05) is 0 Å². The number of nitro benzene ring substituents is 1. The molecular formula is C10H6N2O5S. The molecular weight excluding hydrogens is 260 g/mol. The van der Waals surface area contributed by atoms with E-state index in [0.29, 0.717) is 10.6 Å². The van der Waals surface area contributed by atoms with Crippen molar-refractivity contribution in [3.05, 3.63) is 39.3 Å². The molecule has 2 rings (SSSR count). The number of carbonyl (C=O) groups is 1. The van der Waals surface area contributed by atoms with E-state index in [2.05, 4.69) is 4.98 Å². The summed E-state index contributed by atoms with van der Waals surface area (Å²) in [5, 5.41) is 28.8. The van der Waals surface area contributed by atoms with Gasteiger partial charge in [-0.25, -0.2) is 9.78 Å². The maximum atomic E-state index is 10.7. The van der Waals surface area contributed by atoms with Gasteiger partial charge in [0, 0.05) is 17.7 Å². The molecule has 2 N–H and O–H groups in total. The van der Waals surface area contributed by atoms with E-state index in [-0.39, 0.29) is 10.6 Å². The van der Waals surface area contributed by atoms with Crippen molar-refractivity contribution in [2.45, 2.75) is 0 Å². The molecule has 0 fully saturated rings. The van der Waals surface area contributed by atoms with E-state index in [1.165, 1.54) is 24.3 Å². The van der Waals surface area contributed by atoms with Gasteiger partial charge in [0.1, 0.15) is 5.01 Å². The second kappa shape index (κ2) is 4.41. The molecule has 0 aliphatic heterocycles. The van der Waals surface area contributed by atoms with E-state index < -0.39 is 16.8 Å². The number of benzene rings is 1. The zero-order valence-corrected chi connectivity index (χ0v) is 9.55. The fourth-order valence-electron chi connectivity index (χ4n) is 1.30. The summed E-state index contributed by atoms with van der Waals surface area (Å²) in [7, 11) is 0. The lowest BCUT2D eigenvalue weighted by atomic mass is 10.2. The lowest BCUT2D eigenvalue weighted by Crippen LogP contribution is -1.91. The maximum absolute atomic E-state index is 10.7. The van der Waals surface area contributed by atoms with Crippen LogP contribution in [0.25, 0.3) is 10.6 Å². The highest BCUT2D eigenvalue weighted by Crippen LogP contribution is 2.32. The molecule has 1 aromatic carbocycles. The normalized spacial score (nSPS) is 10.2. The van der Waals surface area contributed by atoms with Gasteiger partial charge in [0.2, 0.25) is 5.88 Å². The Hall–Kier alpha value is -2.48. The highest BCUT2D eigenvalue weighted by atomic mass is 32.1. The smallest absolute Gasteiger partial charge is 0.351 e. The van der Waals surface area contributed by atoms with Gasteiger partial charge in [-0.15, -0.1) is 11.3 Å². The molecule has 1 heterocycles. The van der Waals surface area contributed by atoms with Crippen LogP contribution < -0.4 is 0 Å². The average Bonchev–Trinajstić information content (AvgIpc) is 2.71. The number of nitrogens with zero attached hydrogens (tertiary/aromatic N) is 2. The standard InChI is InChI=1S/C10H6N2O5S/c13-8-7(10(14)15)18-9(11-8)5-1-3-6(4-2-5)12(16)17/h1-4,13H,(H,14,15). The zero-order chi connectivity index (χ0) is 13.3. The molecule has 0 saturated carbocycles. The molecule has 0 unspecified atom stereocenters. The Morgan fingerprint density at radius 2 is 1.94 bits per heavy atom. The number of carboxylic acids is 1. The van der Waals surface area contributed by atoms with E-state index in [9.17, 15) is 20.0 Å². The number of aromatic carboxylic acids is 1. The van der Waals surface area contributed by atoms with E-state index >= 15 is 0 Å². The highest BCUT2D eigenvalue weighted by Gasteiger charge is 2.17. The van der Waals surface area contributed by atoms with Crippen molar-refractivity contribution in [3.63, 3.8) is 0 Å². The van der Waals surface area contributed by atoms with Gasteiger partial charge < -0.3 is 10.2 Å². The molecule has 0 atom stereocenters. The van der Waals surface area contributed by atoms with Gasteiger partial charge >= 0.3 is 5.97 Å². The molecule has 1 aromatic heterocycles. The average molecular weight is 266 g/mol. The maximum Gasteiger partial charge on any atom is 0.351 e. The van der Waals surface area contributed by atoms with Crippen molar-refractivity contribution < 1.29 is 19.9 Å². The summed E-state index contributed by atoms with van der Waals surface area (Å²) in [6.07, 6.45) is 0. The van der Waals surface area contributed by atoms with Crippen LogP contribution in [-0.4, -0.2) is 26.1 Å². The Morgan fingerprint density at radius 1 is 1.33 bits per heavy atom. The quantitative estimate of drug-likeness (QED) is 0.649. The number of nitro groups is 1. The second-order valence-electron chi connectivity index (χ2n) is 3.28. The monoisotopic (exact) mass is 266 g/mol. The van der Waals surface area contributed by atoms with E-state index in [0.717, 1.165) is 11.3 Å². The molecule has 0 radical (unpaired) electrons. The van der Waals surface area contributed by atoms with Crippen LogP contribution in [0.3, 0.4) is 0 Å². The molecule has 0 aliphatic carbocycles. The Labute approximate surface area is 104 Å². The molecule has 0 aliphatic rings. The highest BCUT2D eigenvalue weighted by molar-refractivity contribution is 7.17. The number of thiazole rings is 1. The predicted molar refractivity (Wildman–Crippen MR) is 62.8 cm³/mol. The van der Waals surface area contributed by atoms with Crippen LogP contribution in [0.4, 0.5) is 5.69 Å². The lowest BCUT2D eigenvalue weighted by Gasteiger charge is -1.94. The predicted octanol–water partition coefficient (Wildman–Crippen LogP) is 2.12. The Bertz CT molecular complexity index is 620. The first-order valence-corrected chi connectivity index (χ1v) is 5.48. The van der Waals surface area contributed by atoms with Crippen molar-refractivity contribution >= 4 is 23.0 Å². The third-order valence-electron chi connectivity index (χ3n) is 2.13. The van der Waals surface area contributed by atoms with Crippen LogP contribution in [0.1, 0.15) is 9.67 Å². The first-order chi connectivity index (χ1) is 8.49. The number of aromatic nitrogens is 1. The number of rotatable bonds is 3. The fraction of sp³-hybridized carbons (Fsp3) is 0. The molecule has 0 amide bonds. The van der Waals surface area contributed by atoms with Crippen LogP contribution in [0.2, 0.25) is 0 Å². The van der Waals surface area contributed by atoms with Crippen molar-refractivity contribution in [1.29, 1.82) is 0 Å². The van der Waals surface area contributed by atoms with Gasteiger partial charge in [0.25, 0.3) is 5.69 Å². The first-order valence-electron chi connectivity index (χ1n) is 4.67. The third-order valence-corrected chi connectivity index (χ3v) is 3.21. The van der Waals surface area contributed by atoms with E-state index in [1.807, 2.05) is 0 Å². The van der Waals surface area contributed by atoms with Crippen LogP contribution in [0.5, 0.6) is 5.88 Å². The number of aromatic hydroxyl groups is 1. The summed E-state index contributed by atoms with van der Waals surface area (Å²) in [6, 6.07) is 5.46. The van der Waals surface area contributed by atoms with Crippen molar-refractivity contribution in [2.75, 3.05) is 0 Å². The molecule has 0 bridgehead atoms. The third kappa shape index (κ3) is 2.13. The zero-order valence-electron chi connectivity index (χ0n) is 8.73. The second-order valence-corrected chi connectivity index (χ2v) is 4.28. The molecule has 0 spiro atoms. The van der Waals surface area contributed by atoms with Gasteiger partial charge in [0.15, 0.2) is 4.88 Å². The topological polar surface area (TPSA) is 114 Å². The molecule has 8 heteroatoms. The van der Waals surface area contributed by atoms with Crippen LogP contribution in [-0.2, 0) is 0 Å². The number of non-ortho nitro benzene ring substituents is 1. The summed E-state index contributed by atoms with van der Waals surface area (Å²) in [4.78, 5) is 24.1. The molecule has 7 nitrogen and oxygen atoms in total. The summed E-state index contributed by atoms with van der Waals surface area (Å²) in [6.45, 7) is 0. The van der Waals surface area contributed by atoms with E-state index in [1.54, 1.807) is 0 Å². The number of hydrogen-bond acceptors (Lipinski definition) is 6. The van der Waals surface area contributed by atoms with Gasteiger partial charge in [-0.2, -0.15) is 0 Å². The Kier molecular flexibility index (Phi) is 2.94. The summed E-state index contributed by atoms with van der Waals surface area (Å²) in [5.41, 5.74) is 0.436. The minimum Gasteiger partial charge on any atom is -0.492 e. The van der Waals surface area contributed by atoms with Crippen molar-refractivity contribution in [3.8, 4) is 16.5 Å². The molecule has 2 aromatic rings. The van der Waals surface area contributed by atoms with Crippen LogP contribution in [0.15, 0.2) is 24.3 Å². The minimum absolute atomic E-state index is 0.0713. The molecule has 92 valence electrons. The van der Waals surface area contributed by atoms with E-state index in [4.69, 9.17) is 5.11 Å². The molecule has 18 heavy (non-hydrogen) atoms. The van der Waals surface area contributed by atoms with Gasteiger partial charge in [-0.3, -0.25) is 10.1 Å². The van der Waals surface area contributed by atoms with Crippen molar-refractivity contribution in [1.82, 2.24) is 4.98 Å². The summed E-state index contributed by atoms with van der Waals surface area (Å²) >= 11 is 0.804. The molecule has 0 saturated heterocycles. The fourth-order valence-corrected chi connectivity index (χ4v) is 2.10. The van der Waals surface area contributed by atoms with Gasteiger partial charge in [0.05, 0.1) is 4.92 Å². The minimum atomic E-state index is -1.27. The van der Waals surface area contributed by atoms with Gasteiger partial charge in [-0.05, 0) is 12.1 Å². The summed E-state index contributed by atoms with van der Waals surface area (Å²) < 4.78 is 0. The van der Waals surface area contributed by atoms with Crippen molar-refractivity contribution in [2.24, 2.45) is 0 Å². The SMILES string of the molecule is O=C(O)c1sc(-c2ccc([N+](=O)[O-])cc2)nc1O. The number of hydrogen-bond donors (Lipinski definition) is 2. The number of carboxylic acid groups (broad SMARTS) is 1. The summed E-state index contributed by atoms with van der Waals surface area (Å²) in [5.74, 6) is -1.82. The van der Waals surface area contributed by atoms with Crippen LogP contribution >= 0.6 is 11.3 Å². The Morgan fingerprint density at radius 3 is 2.39 bits per heavy atom. The largest absolute Gasteiger partial charge is 0.492 e. The first kappa shape index (κ1) is 12.0. The van der Waals surface area contributed by atoms with Crippen LogP contribution in [0, 0.1) is 10.1 Å². The lowest BCUT2D eigenvalue weighted by molar-refractivity contribution is -0.384. The Balaban J connectivity index is 2.40.